The molecule has 1 aliphatic rings. The summed E-state index contributed by atoms with van der Waals surface area (Å²) in [5.74, 6) is -0.381. The summed E-state index contributed by atoms with van der Waals surface area (Å²) >= 11 is 0. The molecule has 1 aromatic rings. The first-order chi connectivity index (χ1) is 9.85. The molecule has 0 aliphatic carbocycles. The molecule has 1 saturated heterocycles. The van der Waals surface area contributed by atoms with Crippen molar-refractivity contribution in [3.05, 3.63) is 24.0 Å². The molecule has 1 aromatic carbocycles. The molecule has 2 rings (SSSR count). The third-order valence-electron chi connectivity index (χ3n) is 3.62. The third kappa shape index (κ3) is 4.73. The standard InChI is InChI=1S/C17H25FN2O/c1-17(2,3)12-16(21)19-14-11-13(18)7-8-15(14)20-9-5-4-6-10-20/h7-8,11H,4-6,9-10,12H2,1-3H3,(H,19,21). The molecule has 0 aromatic heterocycles. The Kier molecular flexibility index (Phi) is 4.86. The second-order valence-corrected chi connectivity index (χ2v) is 6.99. The molecule has 0 unspecified atom stereocenters. The van der Waals surface area contributed by atoms with Gasteiger partial charge in [-0.2, -0.15) is 0 Å². The first-order valence-electron chi connectivity index (χ1n) is 7.69. The Labute approximate surface area is 126 Å². The number of benzene rings is 1. The van der Waals surface area contributed by atoms with Gasteiger partial charge in [-0.15, -0.1) is 0 Å². The topological polar surface area (TPSA) is 32.3 Å². The average molecular weight is 292 g/mol. The highest BCUT2D eigenvalue weighted by Crippen LogP contribution is 2.30. The van der Waals surface area contributed by atoms with Crippen molar-refractivity contribution in [1.29, 1.82) is 0 Å². The first-order valence-corrected chi connectivity index (χ1v) is 7.69. The molecule has 4 heteroatoms. The van der Waals surface area contributed by atoms with Crippen molar-refractivity contribution >= 4 is 17.3 Å². The van der Waals surface area contributed by atoms with E-state index in [-0.39, 0.29) is 17.1 Å². The van der Waals surface area contributed by atoms with Crippen molar-refractivity contribution in [2.24, 2.45) is 5.41 Å². The number of hydrogen-bond acceptors (Lipinski definition) is 2. The van der Waals surface area contributed by atoms with Gasteiger partial charge in [0.15, 0.2) is 0 Å². The maximum Gasteiger partial charge on any atom is 0.224 e. The van der Waals surface area contributed by atoms with Crippen LogP contribution in [0.4, 0.5) is 15.8 Å². The second kappa shape index (κ2) is 6.46. The van der Waals surface area contributed by atoms with Crippen LogP contribution in [0.1, 0.15) is 46.5 Å². The molecule has 1 amide bonds. The Morgan fingerprint density at radius 3 is 2.52 bits per heavy atom. The van der Waals surface area contributed by atoms with Gasteiger partial charge in [-0.05, 0) is 42.9 Å². The van der Waals surface area contributed by atoms with Gasteiger partial charge in [0.25, 0.3) is 0 Å². The molecule has 1 fully saturated rings. The normalized spacial score (nSPS) is 15.9. The Hall–Kier alpha value is -1.58. The van der Waals surface area contributed by atoms with Gasteiger partial charge in [-0.25, -0.2) is 4.39 Å². The van der Waals surface area contributed by atoms with E-state index in [2.05, 4.69) is 10.2 Å². The summed E-state index contributed by atoms with van der Waals surface area (Å²) in [5, 5.41) is 2.88. The van der Waals surface area contributed by atoms with Gasteiger partial charge in [0, 0.05) is 19.5 Å². The molecule has 1 aliphatic heterocycles. The van der Waals surface area contributed by atoms with Crippen LogP contribution in [0.25, 0.3) is 0 Å². The van der Waals surface area contributed by atoms with E-state index in [1.54, 1.807) is 6.07 Å². The van der Waals surface area contributed by atoms with E-state index in [1.807, 2.05) is 20.8 Å². The van der Waals surface area contributed by atoms with Gasteiger partial charge in [-0.3, -0.25) is 4.79 Å². The maximum absolute atomic E-state index is 13.5. The van der Waals surface area contributed by atoms with E-state index >= 15 is 0 Å². The monoisotopic (exact) mass is 292 g/mol. The molecule has 0 atom stereocenters. The molecule has 1 N–H and O–H groups in total. The van der Waals surface area contributed by atoms with E-state index in [4.69, 9.17) is 0 Å². The lowest BCUT2D eigenvalue weighted by atomic mass is 9.92. The SMILES string of the molecule is CC(C)(C)CC(=O)Nc1cc(F)ccc1N1CCCCC1. The smallest absolute Gasteiger partial charge is 0.224 e. The largest absolute Gasteiger partial charge is 0.370 e. The second-order valence-electron chi connectivity index (χ2n) is 6.99. The van der Waals surface area contributed by atoms with Crippen LogP contribution in [-0.4, -0.2) is 19.0 Å². The minimum atomic E-state index is -0.318. The molecule has 116 valence electrons. The average Bonchev–Trinajstić information content (AvgIpc) is 2.37. The van der Waals surface area contributed by atoms with E-state index in [0.29, 0.717) is 12.1 Å². The van der Waals surface area contributed by atoms with Crippen molar-refractivity contribution in [3.8, 4) is 0 Å². The van der Waals surface area contributed by atoms with E-state index in [1.165, 1.54) is 18.6 Å². The predicted molar refractivity (Wildman–Crippen MR) is 85.2 cm³/mol. The highest BCUT2D eigenvalue weighted by atomic mass is 19.1. The van der Waals surface area contributed by atoms with Crippen LogP contribution in [0, 0.1) is 11.2 Å². The number of halogens is 1. The summed E-state index contributed by atoms with van der Waals surface area (Å²) in [5.41, 5.74) is 1.44. The van der Waals surface area contributed by atoms with E-state index in [9.17, 15) is 9.18 Å². The Balaban J connectivity index is 2.17. The predicted octanol–water partition coefficient (Wildman–Crippen LogP) is 4.19. The summed E-state index contributed by atoms with van der Waals surface area (Å²) < 4.78 is 13.5. The summed E-state index contributed by atoms with van der Waals surface area (Å²) in [6.07, 6.45) is 3.95. The molecule has 1 heterocycles. The Morgan fingerprint density at radius 2 is 1.90 bits per heavy atom. The van der Waals surface area contributed by atoms with Gasteiger partial charge in [0.2, 0.25) is 5.91 Å². The van der Waals surface area contributed by atoms with Crippen LogP contribution < -0.4 is 10.2 Å². The zero-order chi connectivity index (χ0) is 15.5. The fourth-order valence-electron chi connectivity index (χ4n) is 2.70. The molecule has 0 radical (unpaired) electrons. The van der Waals surface area contributed by atoms with Crippen LogP contribution in [0.2, 0.25) is 0 Å². The lowest BCUT2D eigenvalue weighted by Crippen LogP contribution is -2.30. The quantitative estimate of drug-likeness (QED) is 0.906. The number of rotatable bonds is 3. The number of carbonyl (C=O) groups excluding carboxylic acids is 1. The number of nitrogens with zero attached hydrogens (tertiary/aromatic N) is 1. The summed E-state index contributed by atoms with van der Waals surface area (Å²) in [6, 6.07) is 4.65. The number of nitrogens with one attached hydrogen (secondary N) is 1. The zero-order valence-electron chi connectivity index (χ0n) is 13.2. The van der Waals surface area contributed by atoms with Crippen LogP contribution >= 0.6 is 0 Å². The van der Waals surface area contributed by atoms with Crippen LogP contribution in [0.15, 0.2) is 18.2 Å². The zero-order valence-corrected chi connectivity index (χ0v) is 13.2. The number of anilines is 2. The molecule has 0 spiro atoms. The summed E-state index contributed by atoms with van der Waals surface area (Å²) in [4.78, 5) is 14.4. The molecule has 0 saturated carbocycles. The number of amides is 1. The molecular weight excluding hydrogens is 267 g/mol. The number of hydrogen-bond donors (Lipinski definition) is 1. The van der Waals surface area contributed by atoms with E-state index < -0.39 is 0 Å². The molecule has 21 heavy (non-hydrogen) atoms. The minimum Gasteiger partial charge on any atom is -0.370 e. The number of carbonyl (C=O) groups is 1. The number of piperidine rings is 1. The minimum absolute atomic E-state index is 0.0636. The first kappa shape index (κ1) is 15.8. The Morgan fingerprint density at radius 1 is 1.24 bits per heavy atom. The van der Waals surface area contributed by atoms with Crippen molar-refractivity contribution in [2.75, 3.05) is 23.3 Å². The molecule has 0 bridgehead atoms. The van der Waals surface area contributed by atoms with Crippen molar-refractivity contribution in [1.82, 2.24) is 0 Å². The van der Waals surface area contributed by atoms with Gasteiger partial charge >= 0.3 is 0 Å². The van der Waals surface area contributed by atoms with Crippen molar-refractivity contribution in [2.45, 2.75) is 46.5 Å². The third-order valence-corrected chi connectivity index (χ3v) is 3.62. The van der Waals surface area contributed by atoms with E-state index in [0.717, 1.165) is 31.6 Å². The highest BCUT2D eigenvalue weighted by molar-refractivity contribution is 5.94. The lowest BCUT2D eigenvalue weighted by molar-refractivity contribution is -0.117. The van der Waals surface area contributed by atoms with Gasteiger partial charge in [0.1, 0.15) is 5.82 Å². The molecular formula is C17H25FN2O. The van der Waals surface area contributed by atoms with Gasteiger partial charge < -0.3 is 10.2 Å². The molecule has 3 nitrogen and oxygen atoms in total. The lowest BCUT2D eigenvalue weighted by Gasteiger charge is -2.30. The Bertz CT molecular complexity index is 502. The summed E-state index contributed by atoms with van der Waals surface area (Å²) in [7, 11) is 0. The van der Waals surface area contributed by atoms with Crippen molar-refractivity contribution < 1.29 is 9.18 Å². The van der Waals surface area contributed by atoms with Gasteiger partial charge in [-0.1, -0.05) is 20.8 Å². The van der Waals surface area contributed by atoms with Crippen molar-refractivity contribution in [3.63, 3.8) is 0 Å². The fourth-order valence-corrected chi connectivity index (χ4v) is 2.70. The fraction of sp³-hybridized carbons (Fsp3) is 0.588. The van der Waals surface area contributed by atoms with Crippen LogP contribution in [0.5, 0.6) is 0 Å². The maximum atomic E-state index is 13.5. The van der Waals surface area contributed by atoms with Crippen LogP contribution in [0.3, 0.4) is 0 Å². The van der Waals surface area contributed by atoms with Crippen LogP contribution in [-0.2, 0) is 4.79 Å². The van der Waals surface area contributed by atoms with Gasteiger partial charge in [0.05, 0.1) is 11.4 Å². The highest BCUT2D eigenvalue weighted by Gasteiger charge is 2.19. The summed E-state index contributed by atoms with van der Waals surface area (Å²) in [6.45, 7) is 7.98.